The normalized spacial score (nSPS) is 16.5. The Morgan fingerprint density at radius 2 is 1.12 bits per heavy atom. The van der Waals surface area contributed by atoms with Crippen molar-refractivity contribution < 1.29 is 55.8 Å². The number of aryl methyl sites for hydroxylation is 2. The Morgan fingerprint density at radius 1 is 0.650 bits per heavy atom. The number of fused-ring (bicyclic) bond motifs is 2. The Hall–Kier alpha value is -6.38. The van der Waals surface area contributed by atoms with Crippen molar-refractivity contribution in [1.29, 1.82) is 0 Å². The molecule has 6 aromatic rings. The summed E-state index contributed by atoms with van der Waals surface area (Å²) >= 11 is 0. The molecule has 22 nitrogen and oxygen atoms in total. The summed E-state index contributed by atoms with van der Waals surface area (Å²) in [6, 6.07) is 25.2. The number of aliphatic hydroxyl groups excluding tert-OH is 2. The Kier molecular flexibility index (Phi) is 18.8. The number of benzene rings is 4. The predicted octanol–water partition coefficient (Wildman–Crippen LogP) is 6.86. The Morgan fingerprint density at radius 3 is 1.62 bits per heavy atom. The van der Waals surface area contributed by atoms with E-state index in [1.807, 2.05) is 60.7 Å². The Bertz CT molecular complexity index is 3310. The second kappa shape index (κ2) is 25.2. The van der Waals surface area contributed by atoms with Gasteiger partial charge in [-0.15, -0.1) is 0 Å². The molecular formula is C56H76N10O12S2. The zero-order valence-corrected chi connectivity index (χ0v) is 48.1. The number of hydrogen-bond donors (Lipinski definition) is 6. The lowest BCUT2D eigenvalue weighted by Crippen LogP contribution is -2.52. The van der Waals surface area contributed by atoms with E-state index in [9.17, 15) is 36.6 Å². The number of aromatic nitrogens is 4. The molecule has 4 aromatic carbocycles. The average molecular weight is 1150 g/mol. The summed E-state index contributed by atoms with van der Waals surface area (Å²) in [5, 5.41) is 32.6. The minimum absolute atomic E-state index is 0.0188. The number of nitrogens with zero attached hydrogens (tertiary/aromatic N) is 6. The highest BCUT2D eigenvalue weighted by molar-refractivity contribution is 7.89. The van der Waals surface area contributed by atoms with Crippen LogP contribution in [0.1, 0.15) is 97.1 Å². The number of sulfonamides is 2. The van der Waals surface area contributed by atoms with Gasteiger partial charge in [0.1, 0.15) is 11.2 Å². The van der Waals surface area contributed by atoms with Gasteiger partial charge in [0.05, 0.1) is 88.0 Å². The molecule has 0 bridgehead atoms. The van der Waals surface area contributed by atoms with Crippen LogP contribution in [0.3, 0.4) is 0 Å². The lowest BCUT2D eigenvalue weighted by molar-refractivity contribution is -0.145. The molecule has 24 heteroatoms. The van der Waals surface area contributed by atoms with Crippen molar-refractivity contribution in [2.45, 2.75) is 156 Å². The maximum Gasteiger partial charge on any atom is 0.408 e. The topological polar surface area (TPSA) is 284 Å². The number of imidazole rings is 2. The van der Waals surface area contributed by atoms with Crippen LogP contribution < -0.4 is 21.7 Å². The number of rotatable bonds is 24. The summed E-state index contributed by atoms with van der Waals surface area (Å²) in [4.78, 5) is 48.1. The van der Waals surface area contributed by atoms with Crippen LogP contribution in [0.4, 0.5) is 21.5 Å². The molecule has 2 heterocycles. The Balaban J connectivity index is 0.964. The number of carbonyl (C=O) groups excluding carboxylic acids is 2. The van der Waals surface area contributed by atoms with E-state index in [0.29, 0.717) is 53.7 Å². The predicted molar refractivity (Wildman–Crippen MR) is 302 cm³/mol. The molecular weight excluding hydrogens is 1070 g/mol. The highest BCUT2D eigenvalue weighted by atomic mass is 32.2. The lowest BCUT2D eigenvalue weighted by Gasteiger charge is -2.32. The van der Waals surface area contributed by atoms with E-state index in [2.05, 4.69) is 20.9 Å². The minimum Gasteiger partial charge on any atom is -0.444 e. The van der Waals surface area contributed by atoms with Crippen LogP contribution in [0, 0.1) is 0 Å². The number of anilines is 2. The van der Waals surface area contributed by atoms with Gasteiger partial charge in [-0.3, -0.25) is 9.68 Å². The second-order valence-corrected chi connectivity index (χ2v) is 26.0. The molecule has 2 amide bonds. The smallest absolute Gasteiger partial charge is 0.408 e. The van der Waals surface area contributed by atoms with E-state index in [-0.39, 0.29) is 35.1 Å². The fourth-order valence-electron chi connectivity index (χ4n) is 9.88. The number of nitrogen functional groups attached to an aromatic ring is 1. The van der Waals surface area contributed by atoms with Gasteiger partial charge < -0.3 is 50.5 Å². The van der Waals surface area contributed by atoms with Gasteiger partial charge in [-0.2, -0.15) is 0 Å². The van der Waals surface area contributed by atoms with Crippen LogP contribution in [0.5, 0.6) is 0 Å². The highest BCUT2D eigenvalue weighted by Crippen LogP contribution is 2.31. The van der Waals surface area contributed by atoms with Crippen LogP contribution >= 0.6 is 0 Å². The van der Waals surface area contributed by atoms with Gasteiger partial charge in [0.15, 0.2) is 0 Å². The average Bonchev–Trinajstić information content (AvgIpc) is 4.23. The van der Waals surface area contributed by atoms with Gasteiger partial charge in [-0.1, -0.05) is 95.3 Å². The SMILES string of the molecule is Cn1c(N)nc2ccc(S(=O)(=O)N(C[C@@H](O)[C@H](Cc3ccccc3)NC(=O)OC(C)(C)CNc3nc4cc(S(=O)(=O)N(C[C@@H](O)[C@H](Cc5ccccc5)NC(=O)OC(C)(C)C)OC5CCCC5)ccc4n3C)OC3CCCC3)cc21. The maximum absolute atomic E-state index is 14.7. The molecule has 0 unspecified atom stereocenters. The summed E-state index contributed by atoms with van der Waals surface area (Å²) in [5.74, 6) is 0.537. The summed E-state index contributed by atoms with van der Waals surface area (Å²) in [7, 11) is -5.43. The number of aliphatic hydroxyl groups is 2. The first-order valence-corrected chi connectivity index (χ1v) is 30.0. The van der Waals surface area contributed by atoms with Crippen LogP contribution in [0.25, 0.3) is 22.1 Å². The fraction of sp³-hybridized carbons (Fsp3) is 0.500. The number of amides is 2. The third-order valence-electron chi connectivity index (χ3n) is 14.3. The van der Waals surface area contributed by atoms with Crippen molar-refractivity contribution in [3.63, 3.8) is 0 Å². The molecule has 2 aromatic heterocycles. The van der Waals surface area contributed by atoms with Gasteiger partial charge in [0.2, 0.25) is 11.9 Å². The number of nitrogens with two attached hydrogens (primary N) is 1. The van der Waals surface area contributed by atoms with E-state index in [1.165, 1.54) is 24.3 Å². The summed E-state index contributed by atoms with van der Waals surface area (Å²) < 4.78 is 74.6. The van der Waals surface area contributed by atoms with E-state index >= 15 is 0 Å². The van der Waals surface area contributed by atoms with Gasteiger partial charge in [0, 0.05) is 14.1 Å². The first-order chi connectivity index (χ1) is 37.8. The highest BCUT2D eigenvalue weighted by Gasteiger charge is 2.38. The monoisotopic (exact) mass is 1140 g/mol. The van der Waals surface area contributed by atoms with Crippen LogP contribution in [0.2, 0.25) is 0 Å². The first-order valence-electron chi connectivity index (χ1n) is 27.1. The Labute approximate surface area is 467 Å². The molecule has 7 N–H and O–H groups in total. The maximum atomic E-state index is 14.7. The zero-order valence-electron chi connectivity index (χ0n) is 46.4. The molecule has 2 aliphatic rings. The number of nitrogens with one attached hydrogen (secondary N) is 3. The minimum atomic E-state index is -4.46. The number of hydrogen-bond acceptors (Lipinski definition) is 16. The largest absolute Gasteiger partial charge is 0.444 e. The van der Waals surface area contributed by atoms with Crippen molar-refractivity contribution >= 4 is 66.2 Å². The zero-order chi connectivity index (χ0) is 57.6. The molecule has 0 radical (unpaired) electrons. The van der Waals surface area contributed by atoms with Crippen LogP contribution in [-0.4, -0.2) is 135 Å². The molecule has 2 fully saturated rings. The molecule has 0 spiro atoms. The van der Waals surface area contributed by atoms with E-state index in [0.717, 1.165) is 45.7 Å². The van der Waals surface area contributed by atoms with E-state index in [1.54, 1.807) is 70.0 Å². The van der Waals surface area contributed by atoms with Crippen molar-refractivity contribution in [1.82, 2.24) is 38.7 Å². The van der Waals surface area contributed by atoms with Gasteiger partial charge in [-0.25, -0.2) is 36.4 Å². The third-order valence-corrected chi connectivity index (χ3v) is 17.5. The molecule has 80 heavy (non-hydrogen) atoms. The number of alkyl carbamates (subject to hydrolysis) is 2. The molecule has 0 aliphatic heterocycles. The van der Waals surface area contributed by atoms with Crippen molar-refractivity contribution in [3.05, 3.63) is 108 Å². The molecule has 2 saturated carbocycles. The quantitative estimate of drug-likeness (QED) is 0.0338. The third kappa shape index (κ3) is 15.1. The summed E-state index contributed by atoms with van der Waals surface area (Å²) in [5.41, 5.74) is 7.42. The molecule has 2 aliphatic carbocycles. The fourth-order valence-corrected chi connectivity index (χ4v) is 12.5. The van der Waals surface area contributed by atoms with Crippen LogP contribution in [-0.2, 0) is 66.1 Å². The van der Waals surface area contributed by atoms with Crippen LogP contribution in [0.15, 0.2) is 107 Å². The summed E-state index contributed by atoms with van der Waals surface area (Å²) in [6.45, 7) is 7.49. The van der Waals surface area contributed by atoms with Gasteiger partial charge in [0.25, 0.3) is 20.0 Å². The molecule has 4 atom stereocenters. The van der Waals surface area contributed by atoms with E-state index in [4.69, 9.17) is 29.9 Å². The van der Waals surface area contributed by atoms with Crippen molar-refractivity contribution in [2.75, 3.05) is 30.7 Å². The van der Waals surface area contributed by atoms with Crippen molar-refractivity contribution in [2.24, 2.45) is 14.1 Å². The lowest BCUT2D eigenvalue weighted by atomic mass is 10.0. The standard InChI is InChI=1S/C56H76N10O12S2/c1-55(2,3)75-53(69)61-45(30-37-18-10-8-11-19-37)49(67)34-65(77-39-22-14-15-23-39)79(71,72)41-27-29-47-44(32-41)60-52(64(47)7)58-36-56(4,5)76-54(70)62-46(31-38-20-12-9-13-21-38)50(68)35-66(78-40-24-16-17-25-40)80(73,74)42-26-28-43-48(33-42)63(6)51(57)59-43/h8-13,18-21,26-29,32-33,39-40,45-46,49-50,67-68H,14-17,22-25,30-31,34-36H2,1-7H3,(H2,57,59)(H,58,60)(H,61,69)(H,62,70)/t45-,46-,49+,50+/m0/s1. The first kappa shape index (κ1) is 59.7. The molecule has 8 rings (SSSR count). The van der Waals surface area contributed by atoms with Gasteiger partial charge >= 0.3 is 12.2 Å². The second-order valence-electron chi connectivity index (χ2n) is 22.3. The molecule has 0 saturated heterocycles. The number of hydroxylamine groups is 2. The number of carbonyl (C=O) groups is 2. The molecule has 434 valence electrons. The summed E-state index contributed by atoms with van der Waals surface area (Å²) in [6.07, 6.45) is 0.820. The number of ether oxygens (including phenoxy) is 2. The van der Waals surface area contributed by atoms with E-state index < -0.39 is 93.0 Å². The van der Waals surface area contributed by atoms with Gasteiger partial charge in [-0.05, 0) is 121 Å². The van der Waals surface area contributed by atoms with Crippen molar-refractivity contribution in [3.8, 4) is 0 Å².